The molecule has 3 aromatic rings. The SMILES string of the molecule is Cc1ccc(Nc2nccc(-c3ccc(N)cc3C(=O)O)n2)cc1. The predicted octanol–water partition coefficient (Wildman–Crippen LogP) is 3.48. The third kappa shape index (κ3) is 3.33. The quantitative estimate of drug-likeness (QED) is 0.636. The van der Waals surface area contributed by atoms with Crippen molar-refractivity contribution >= 4 is 23.3 Å². The highest BCUT2D eigenvalue weighted by Gasteiger charge is 2.14. The molecule has 2 aromatic carbocycles. The molecule has 0 amide bonds. The summed E-state index contributed by atoms with van der Waals surface area (Å²) in [5.74, 6) is -0.659. The lowest BCUT2D eigenvalue weighted by Gasteiger charge is -2.09. The standard InChI is InChI=1S/C18H16N4O2/c1-11-2-5-13(6-3-11)21-18-20-9-8-16(22-18)14-7-4-12(19)10-15(14)17(23)24/h2-10H,19H2,1H3,(H,23,24)(H,20,21,22). The summed E-state index contributed by atoms with van der Waals surface area (Å²) >= 11 is 0. The number of carboxylic acid groups (broad SMARTS) is 1. The maximum Gasteiger partial charge on any atom is 0.336 e. The summed E-state index contributed by atoms with van der Waals surface area (Å²) in [6.07, 6.45) is 1.58. The van der Waals surface area contributed by atoms with Crippen LogP contribution in [0.15, 0.2) is 54.7 Å². The molecule has 0 bridgehead atoms. The van der Waals surface area contributed by atoms with Crippen LogP contribution in [0, 0.1) is 6.92 Å². The first kappa shape index (κ1) is 15.5. The maximum absolute atomic E-state index is 11.4. The fourth-order valence-corrected chi connectivity index (χ4v) is 2.30. The Morgan fingerprint density at radius 2 is 1.88 bits per heavy atom. The molecule has 0 aliphatic carbocycles. The van der Waals surface area contributed by atoms with Crippen molar-refractivity contribution in [3.05, 3.63) is 65.9 Å². The average molecular weight is 320 g/mol. The smallest absolute Gasteiger partial charge is 0.336 e. The van der Waals surface area contributed by atoms with Crippen molar-refractivity contribution in [2.45, 2.75) is 6.92 Å². The van der Waals surface area contributed by atoms with Gasteiger partial charge in [-0.3, -0.25) is 0 Å². The van der Waals surface area contributed by atoms with E-state index in [1.165, 1.54) is 6.07 Å². The zero-order valence-electron chi connectivity index (χ0n) is 13.0. The van der Waals surface area contributed by atoms with Gasteiger partial charge in [0, 0.05) is 23.1 Å². The number of nitrogens with one attached hydrogen (secondary N) is 1. The van der Waals surface area contributed by atoms with Crippen molar-refractivity contribution in [3.63, 3.8) is 0 Å². The molecule has 4 N–H and O–H groups in total. The van der Waals surface area contributed by atoms with Gasteiger partial charge in [-0.1, -0.05) is 17.7 Å². The van der Waals surface area contributed by atoms with Crippen LogP contribution in [-0.4, -0.2) is 21.0 Å². The van der Waals surface area contributed by atoms with E-state index in [2.05, 4.69) is 15.3 Å². The molecule has 0 radical (unpaired) electrons. The summed E-state index contributed by atoms with van der Waals surface area (Å²) in [5, 5.41) is 12.5. The molecule has 6 nitrogen and oxygen atoms in total. The van der Waals surface area contributed by atoms with Crippen LogP contribution < -0.4 is 11.1 Å². The van der Waals surface area contributed by atoms with Gasteiger partial charge in [0.1, 0.15) is 0 Å². The molecule has 0 spiro atoms. The fraction of sp³-hybridized carbons (Fsp3) is 0.0556. The molecule has 0 aliphatic heterocycles. The van der Waals surface area contributed by atoms with Gasteiger partial charge in [0.25, 0.3) is 0 Å². The van der Waals surface area contributed by atoms with Crippen LogP contribution in [0.4, 0.5) is 17.3 Å². The Hall–Kier alpha value is -3.41. The highest BCUT2D eigenvalue weighted by Crippen LogP contribution is 2.25. The van der Waals surface area contributed by atoms with Gasteiger partial charge in [-0.15, -0.1) is 0 Å². The van der Waals surface area contributed by atoms with Gasteiger partial charge >= 0.3 is 5.97 Å². The van der Waals surface area contributed by atoms with E-state index in [0.29, 0.717) is 22.9 Å². The van der Waals surface area contributed by atoms with Gasteiger partial charge in [0.05, 0.1) is 11.3 Å². The van der Waals surface area contributed by atoms with Crippen LogP contribution in [-0.2, 0) is 0 Å². The summed E-state index contributed by atoms with van der Waals surface area (Å²) in [7, 11) is 0. The highest BCUT2D eigenvalue weighted by molar-refractivity contribution is 5.96. The number of anilines is 3. The predicted molar refractivity (Wildman–Crippen MR) is 93.3 cm³/mol. The number of benzene rings is 2. The minimum absolute atomic E-state index is 0.106. The van der Waals surface area contributed by atoms with E-state index >= 15 is 0 Å². The molecule has 0 atom stereocenters. The van der Waals surface area contributed by atoms with Gasteiger partial charge < -0.3 is 16.2 Å². The molecule has 0 saturated carbocycles. The molecule has 0 fully saturated rings. The molecule has 24 heavy (non-hydrogen) atoms. The molecule has 3 rings (SSSR count). The largest absolute Gasteiger partial charge is 0.478 e. The summed E-state index contributed by atoms with van der Waals surface area (Å²) < 4.78 is 0. The molecule has 6 heteroatoms. The Morgan fingerprint density at radius 1 is 1.12 bits per heavy atom. The lowest BCUT2D eigenvalue weighted by molar-refractivity contribution is 0.0697. The second kappa shape index (κ2) is 6.37. The van der Waals surface area contributed by atoms with Crippen LogP contribution in [0.1, 0.15) is 15.9 Å². The number of hydrogen-bond acceptors (Lipinski definition) is 5. The van der Waals surface area contributed by atoms with E-state index in [1.807, 2.05) is 31.2 Å². The third-order valence-electron chi connectivity index (χ3n) is 3.51. The van der Waals surface area contributed by atoms with Gasteiger partial charge in [0.2, 0.25) is 5.95 Å². The van der Waals surface area contributed by atoms with Crippen LogP contribution in [0.2, 0.25) is 0 Å². The van der Waals surface area contributed by atoms with Crippen LogP contribution in [0.3, 0.4) is 0 Å². The lowest BCUT2D eigenvalue weighted by Crippen LogP contribution is -2.03. The molecule has 120 valence electrons. The van der Waals surface area contributed by atoms with Crippen molar-refractivity contribution in [2.24, 2.45) is 0 Å². The van der Waals surface area contributed by atoms with Crippen LogP contribution in [0.5, 0.6) is 0 Å². The number of nitrogens with zero attached hydrogens (tertiary/aromatic N) is 2. The fourth-order valence-electron chi connectivity index (χ4n) is 2.30. The molecule has 0 aliphatic rings. The minimum Gasteiger partial charge on any atom is -0.478 e. The van der Waals surface area contributed by atoms with E-state index < -0.39 is 5.97 Å². The number of aromatic carboxylic acids is 1. The minimum atomic E-state index is -1.05. The Balaban J connectivity index is 1.96. The Kier molecular flexibility index (Phi) is 4.11. The van der Waals surface area contributed by atoms with Crippen LogP contribution >= 0.6 is 0 Å². The van der Waals surface area contributed by atoms with Crippen molar-refractivity contribution in [3.8, 4) is 11.3 Å². The molecular weight excluding hydrogens is 304 g/mol. The summed E-state index contributed by atoms with van der Waals surface area (Å²) in [6.45, 7) is 2.01. The highest BCUT2D eigenvalue weighted by atomic mass is 16.4. The second-order valence-corrected chi connectivity index (χ2v) is 5.37. The lowest BCUT2D eigenvalue weighted by atomic mass is 10.0. The topological polar surface area (TPSA) is 101 Å². The summed E-state index contributed by atoms with van der Waals surface area (Å²) in [4.78, 5) is 20.0. The monoisotopic (exact) mass is 320 g/mol. The van der Waals surface area contributed by atoms with E-state index in [0.717, 1.165) is 11.3 Å². The molecule has 1 aromatic heterocycles. The van der Waals surface area contributed by atoms with Gasteiger partial charge in [0.15, 0.2) is 0 Å². The Bertz CT molecular complexity index is 892. The van der Waals surface area contributed by atoms with E-state index in [9.17, 15) is 9.90 Å². The molecule has 0 unspecified atom stereocenters. The van der Waals surface area contributed by atoms with Crippen molar-refractivity contribution in [2.75, 3.05) is 11.1 Å². The molecule has 0 saturated heterocycles. The van der Waals surface area contributed by atoms with Gasteiger partial charge in [-0.25, -0.2) is 14.8 Å². The number of carbonyl (C=O) groups is 1. The van der Waals surface area contributed by atoms with Gasteiger partial charge in [-0.2, -0.15) is 0 Å². The van der Waals surface area contributed by atoms with Crippen molar-refractivity contribution in [1.29, 1.82) is 0 Å². The van der Waals surface area contributed by atoms with E-state index in [-0.39, 0.29) is 5.56 Å². The maximum atomic E-state index is 11.4. The average Bonchev–Trinajstić information content (AvgIpc) is 2.57. The molecule has 1 heterocycles. The Morgan fingerprint density at radius 3 is 2.58 bits per heavy atom. The number of aromatic nitrogens is 2. The summed E-state index contributed by atoms with van der Waals surface area (Å²) in [6, 6.07) is 14.2. The first-order chi connectivity index (χ1) is 11.5. The zero-order chi connectivity index (χ0) is 17.1. The normalized spacial score (nSPS) is 10.4. The van der Waals surface area contributed by atoms with Crippen molar-refractivity contribution in [1.82, 2.24) is 9.97 Å². The van der Waals surface area contributed by atoms with Crippen molar-refractivity contribution < 1.29 is 9.90 Å². The van der Waals surface area contributed by atoms with E-state index in [4.69, 9.17) is 5.73 Å². The first-order valence-electron chi connectivity index (χ1n) is 7.33. The number of nitrogen functional groups attached to an aromatic ring is 1. The number of carboxylic acids is 1. The summed E-state index contributed by atoms with van der Waals surface area (Å²) in [5.41, 5.74) is 9.19. The third-order valence-corrected chi connectivity index (χ3v) is 3.51. The Labute approximate surface area is 139 Å². The molecular formula is C18H16N4O2. The van der Waals surface area contributed by atoms with Gasteiger partial charge in [-0.05, 0) is 43.3 Å². The zero-order valence-corrected chi connectivity index (χ0v) is 13.0. The second-order valence-electron chi connectivity index (χ2n) is 5.37. The first-order valence-corrected chi connectivity index (χ1v) is 7.33. The van der Waals surface area contributed by atoms with Crippen LogP contribution in [0.25, 0.3) is 11.3 Å². The number of hydrogen-bond donors (Lipinski definition) is 3. The van der Waals surface area contributed by atoms with E-state index in [1.54, 1.807) is 24.4 Å². The number of nitrogens with two attached hydrogens (primary N) is 1. The number of aryl methyl sites for hydroxylation is 1. The number of rotatable bonds is 4.